The van der Waals surface area contributed by atoms with Crippen LogP contribution in [0.4, 0.5) is 0 Å². The molecule has 1 aromatic rings. The zero-order chi connectivity index (χ0) is 17.8. The van der Waals surface area contributed by atoms with Crippen molar-refractivity contribution < 1.29 is 19.4 Å². The van der Waals surface area contributed by atoms with E-state index in [1.165, 1.54) is 9.78 Å². The van der Waals surface area contributed by atoms with Crippen LogP contribution in [0, 0.1) is 0 Å². The van der Waals surface area contributed by atoms with Gasteiger partial charge in [0.1, 0.15) is 6.54 Å². The van der Waals surface area contributed by atoms with Gasteiger partial charge in [0.25, 0.3) is 11.8 Å². The van der Waals surface area contributed by atoms with E-state index in [-0.39, 0.29) is 11.8 Å². The number of likely N-dealkylation sites (N-methyl/N-ethyl adjacent to an activating group) is 1. The summed E-state index contributed by atoms with van der Waals surface area (Å²) in [5.74, 6) is 0.201. The lowest BCUT2D eigenvalue weighted by molar-refractivity contribution is -0.917. The summed E-state index contributed by atoms with van der Waals surface area (Å²) >= 11 is 7.62. The third-order valence-electron chi connectivity index (χ3n) is 4.73. The van der Waals surface area contributed by atoms with Crippen LogP contribution < -0.4 is 15.1 Å². The van der Waals surface area contributed by atoms with Gasteiger partial charge < -0.3 is 20.0 Å². The highest BCUT2D eigenvalue weighted by atomic mass is 35.5. The Labute approximate surface area is 157 Å². The Kier molecular flexibility index (Phi) is 6.33. The van der Waals surface area contributed by atoms with Gasteiger partial charge >= 0.3 is 0 Å². The molecule has 6 nitrogen and oxygen atoms in total. The molecule has 1 aliphatic carbocycles. The molecule has 3 N–H and O–H groups in total. The quantitative estimate of drug-likeness (QED) is 0.530. The third kappa shape index (κ3) is 5.95. The SMILES string of the molecule is C[NH+](CC(=O)NC1CC1)CC(=O)N1CC[NH+](Cc2ccc(Cl)s2)CC1. The molecule has 2 amide bonds. The number of thiophene rings is 1. The lowest BCUT2D eigenvalue weighted by Gasteiger charge is -2.32. The summed E-state index contributed by atoms with van der Waals surface area (Å²) in [4.78, 5) is 29.9. The first-order valence-corrected chi connectivity index (χ1v) is 10.2. The molecule has 1 atom stereocenters. The molecular weight excluding hydrogens is 360 g/mol. The molecule has 2 aliphatic rings. The minimum Gasteiger partial charge on any atom is -0.348 e. The molecular formula is C17H27ClN4O2S+2. The average Bonchev–Trinajstić information content (AvgIpc) is 3.27. The van der Waals surface area contributed by atoms with Crippen molar-refractivity contribution in [2.75, 3.05) is 46.3 Å². The van der Waals surface area contributed by atoms with E-state index >= 15 is 0 Å². The lowest BCUT2D eigenvalue weighted by Crippen LogP contribution is -3.14. The first-order chi connectivity index (χ1) is 12.0. The smallest absolute Gasteiger partial charge is 0.278 e. The number of nitrogens with zero attached hydrogens (tertiary/aromatic N) is 1. The summed E-state index contributed by atoms with van der Waals surface area (Å²) in [7, 11) is 1.91. The number of rotatable bonds is 7. The predicted octanol–water partition coefficient (Wildman–Crippen LogP) is -1.58. The van der Waals surface area contributed by atoms with Gasteiger partial charge in [0, 0.05) is 6.04 Å². The second-order valence-electron chi connectivity index (χ2n) is 7.17. The van der Waals surface area contributed by atoms with Gasteiger partial charge in [0.15, 0.2) is 13.1 Å². The van der Waals surface area contributed by atoms with Gasteiger partial charge in [-0.1, -0.05) is 11.6 Å². The van der Waals surface area contributed by atoms with Crippen molar-refractivity contribution in [1.29, 1.82) is 0 Å². The van der Waals surface area contributed by atoms with E-state index in [0.29, 0.717) is 19.1 Å². The topological polar surface area (TPSA) is 58.3 Å². The number of hydrogen-bond acceptors (Lipinski definition) is 3. The van der Waals surface area contributed by atoms with Crippen LogP contribution in [0.15, 0.2) is 12.1 Å². The van der Waals surface area contributed by atoms with Gasteiger partial charge in [0.05, 0.1) is 42.4 Å². The Morgan fingerprint density at radius 3 is 2.64 bits per heavy atom. The molecule has 1 saturated heterocycles. The van der Waals surface area contributed by atoms with Crippen molar-refractivity contribution in [3.8, 4) is 0 Å². The van der Waals surface area contributed by atoms with Crippen LogP contribution in [0.5, 0.6) is 0 Å². The van der Waals surface area contributed by atoms with Crippen LogP contribution in [0.2, 0.25) is 4.34 Å². The van der Waals surface area contributed by atoms with Crippen molar-refractivity contribution in [1.82, 2.24) is 10.2 Å². The molecule has 1 unspecified atom stereocenters. The van der Waals surface area contributed by atoms with Gasteiger partial charge in [0.2, 0.25) is 0 Å². The highest BCUT2D eigenvalue weighted by molar-refractivity contribution is 7.16. The summed E-state index contributed by atoms with van der Waals surface area (Å²) in [6.45, 7) is 5.22. The fourth-order valence-corrected chi connectivity index (χ4v) is 4.31. The van der Waals surface area contributed by atoms with Crippen LogP contribution in [0.3, 0.4) is 0 Å². The summed E-state index contributed by atoms with van der Waals surface area (Å²) in [5.41, 5.74) is 0. The highest BCUT2D eigenvalue weighted by Gasteiger charge is 2.28. The van der Waals surface area contributed by atoms with Crippen molar-refractivity contribution in [3.05, 3.63) is 21.3 Å². The first kappa shape index (κ1) is 18.6. The van der Waals surface area contributed by atoms with Crippen LogP contribution in [0.1, 0.15) is 17.7 Å². The molecule has 138 valence electrons. The number of halogens is 1. The fraction of sp³-hybridized carbons (Fsp3) is 0.647. The van der Waals surface area contributed by atoms with E-state index in [2.05, 4.69) is 11.4 Å². The molecule has 0 radical (unpaired) electrons. The molecule has 1 saturated carbocycles. The van der Waals surface area contributed by atoms with E-state index in [0.717, 1.165) is 54.8 Å². The normalized spacial score (nSPS) is 19.7. The molecule has 1 aliphatic heterocycles. The van der Waals surface area contributed by atoms with Crippen LogP contribution in [-0.4, -0.2) is 69.1 Å². The van der Waals surface area contributed by atoms with Crippen molar-refractivity contribution in [2.24, 2.45) is 0 Å². The lowest BCUT2D eigenvalue weighted by atomic mass is 10.3. The molecule has 3 rings (SSSR count). The largest absolute Gasteiger partial charge is 0.348 e. The van der Waals surface area contributed by atoms with Gasteiger partial charge in [-0.3, -0.25) is 9.59 Å². The second kappa shape index (κ2) is 8.49. The number of carbonyl (C=O) groups is 2. The van der Waals surface area contributed by atoms with Crippen molar-refractivity contribution >= 4 is 34.8 Å². The Balaban J connectivity index is 1.36. The third-order valence-corrected chi connectivity index (χ3v) is 5.97. The molecule has 8 heteroatoms. The number of amides is 2. The number of nitrogens with one attached hydrogen (secondary N) is 3. The number of piperazine rings is 1. The molecule has 0 bridgehead atoms. The van der Waals surface area contributed by atoms with E-state index in [9.17, 15) is 9.59 Å². The Morgan fingerprint density at radius 1 is 1.32 bits per heavy atom. The van der Waals surface area contributed by atoms with Crippen molar-refractivity contribution in [3.63, 3.8) is 0 Å². The molecule has 2 heterocycles. The first-order valence-electron chi connectivity index (χ1n) is 8.96. The standard InChI is InChI=1S/C17H25ClN4O2S/c1-20(11-16(23)19-13-2-3-13)12-17(24)22-8-6-21(7-9-22)10-14-4-5-15(18)25-14/h4-5,13H,2-3,6-12H2,1H3,(H,19,23)/p+2. The van der Waals surface area contributed by atoms with Crippen LogP contribution in [-0.2, 0) is 16.1 Å². The summed E-state index contributed by atoms with van der Waals surface area (Å²) in [6, 6.07) is 4.41. The molecule has 0 aromatic carbocycles. The van der Waals surface area contributed by atoms with Crippen LogP contribution >= 0.6 is 22.9 Å². The van der Waals surface area contributed by atoms with Crippen molar-refractivity contribution in [2.45, 2.75) is 25.4 Å². The maximum atomic E-state index is 12.4. The molecule has 0 spiro atoms. The molecule has 25 heavy (non-hydrogen) atoms. The summed E-state index contributed by atoms with van der Waals surface area (Å²) in [6.07, 6.45) is 2.18. The Hall–Kier alpha value is -1.15. The average molecular weight is 387 g/mol. The molecule has 1 aromatic heterocycles. The number of hydrogen-bond donors (Lipinski definition) is 3. The van der Waals surface area contributed by atoms with E-state index in [4.69, 9.17) is 11.6 Å². The maximum Gasteiger partial charge on any atom is 0.278 e. The second-order valence-corrected chi connectivity index (χ2v) is 8.97. The van der Waals surface area contributed by atoms with Crippen LogP contribution in [0.25, 0.3) is 0 Å². The van der Waals surface area contributed by atoms with E-state index < -0.39 is 0 Å². The number of quaternary nitrogens is 2. The van der Waals surface area contributed by atoms with E-state index in [1.807, 2.05) is 18.0 Å². The predicted molar refractivity (Wildman–Crippen MR) is 98.1 cm³/mol. The minimum atomic E-state index is 0.0525. The van der Waals surface area contributed by atoms with Gasteiger partial charge in [-0.25, -0.2) is 0 Å². The summed E-state index contributed by atoms with van der Waals surface area (Å²) in [5, 5.41) is 2.97. The number of carbonyl (C=O) groups excluding carboxylic acids is 2. The fourth-order valence-electron chi connectivity index (χ4n) is 3.16. The zero-order valence-electron chi connectivity index (χ0n) is 14.6. The minimum absolute atomic E-state index is 0.0525. The van der Waals surface area contributed by atoms with Gasteiger partial charge in [-0.05, 0) is 25.0 Å². The monoisotopic (exact) mass is 386 g/mol. The Bertz CT molecular complexity index is 612. The summed E-state index contributed by atoms with van der Waals surface area (Å²) < 4.78 is 0.833. The van der Waals surface area contributed by atoms with E-state index in [1.54, 1.807) is 11.3 Å². The zero-order valence-corrected chi connectivity index (χ0v) is 16.2. The maximum absolute atomic E-state index is 12.4. The van der Waals surface area contributed by atoms with Gasteiger partial charge in [-0.2, -0.15) is 0 Å². The van der Waals surface area contributed by atoms with Gasteiger partial charge in [-0.15, -0.1) is 11.3 Å². The molecule has 2 fully saturated rings. The highest BCUT2D eigenvalue weighted by Crippen LogP contribution is 2.20. The Morgan fingerprint density at radius 2 is 2.04 bits per heavy atom.